The molecule has 242 valence electrons. The molecule has 3 heterocycles. The summed E-state index contributed by atoms with van der Waals surface area (Å²) in [6.07, 6.45) is 0. The van der Waals surface area contributed by atoms with Gasteiger partial charge in [0.1, 0.15) is 0 Å². The van der Waals surface area contributed by atoms with E-state index in [-0.39, 0.29) is 0 Å². The minimum absolute atomic E-state index is 0.575. The van der Waals surface area contributed by atoms with E-state index in [9.17, 15) is 0 Å². The van der Waals surface area contributed by atoms with Gasteiger partial charge in [-0.15, -0.1) is 0 Å². The molecule has 0 saturated heterocycles. The highest BCUT2D eigenvalue weighted by Crippen LogP contribution is 2.44. The zero-order valence-electron chi connectivity index (χ0n) is 28.0. The van der Waals surface area contributed by atoms with Crippen molar-refractivity contribution in [1.82, 2.24) is 24.1 Å². The molecule has 0 bridgehead atoms. The van der Waals surface area contributed by atoms with E-state index in [1.807, 2.05) is 36.4 Å². The number of rotatable bonds is 4. The summed E-state index contributed by atoms with van der Waals surface area (Å²) in [6, 6.07) is 62.0. The Morgan fingerprint density at radius 2 is 0.692 bits per heavy atom. The van der Waals surface area contributed by atoms with Gasteiger partial charge in [0.2, 0.25) is 5.95 Å². The van der Waals surface area contributed by atoms with Crippen LogP contribution in [0.4, 0.5) is 0 Å². The Kier molecular flexibility index (Phi) is 6.18. The van der Waals surface area contributed by atoms with E-state index >= 15 is 0 Å². The summed E-state index contributed by atoms with van der Waals surface area (Å²) in [5.74, 6) is 1.83. The topological polar surface area (TPSA) is 48.5 Å². The van der Waals surface area contributed by atoms with Crippen molar-refractivity contribution < 1.29 is 0 Å². The van der Waals surface area contributed by atoms with Crippen LogP contribution in [-0.2, 0) is 0 Å². The van der Waals surface area contributed by atoms with Gasteiger partial charge in [-0.05, 0) is 22.9 Å². The smallest absolute Gasteiger partial charge is 0.238 e. The first-order chi connectivity index (χ1) is 25.8. The predicted molar refractivity (Wildman–Crippen MR) is 214 cm³/mol. The van der Waals surface area contributed by atoms with E-state index in [1.54, 1.807) is 0 Å². The first kappa shape index (κ1) is 28.7. The molecule has 0 radical (unpaired) electrons. The summed E-state index contributed by atoms with van der Waals surface area (Å²) in [5, 5.41) is 9.37. The first-order valence-electron chi connectivity index (χ1n) is 17.6. The van der Waals surface area contributed by atoms with Crippen LogP contribution in [0, 0.1) is 0 Å². The molecule has 0 atom stereocenters. The third kappa shape index (κ3) is 4.20. The fourth-order valence-corrected chi connectivity index (χ4v) is 8.05. The fourth-order valence-electron chi connectivity index (χ4n) is 8.05. The van der Waals surface area contributed by atoms with E-state index in [0.29, 0.717) is 17.6 Å². The maximum absolute atomic E-state index is 5.32. The van der Waals surface area contributed by atoms with Crippen LogP contribution in [0.5, 0.6) is 0 Å². The molecule has 0 unspecified atom stereocenters. The lowest BCUT2D eigenvalue weighted by atomic mass is 10.0. The lowest BCUT2D eigenvalue weighted by Gasteiger charge is -2.14. The number of fused-ring (bicyclic) bond motifs is 11. The van der Waals surface area contributed by atoms with E-state index < -0.39 is 0 Å². The van der Waals surface area contributed by atoms with Crippen molar-refractivity contribution in [3.8, 4) is 34.4 Å². The van der Waals surface area contributed by atoms with Gasteiger partial charge >= 0.3 is 0 Å². The molecule has 8 aromatic carbocycles. The number of aromatic nitrogens is 5. The highest BCUT2D eigenvalue weighted by molar-refractivity contribution is 6.28. The molecular weight excluding hydrogens is 635 g/mol. The molecule has 5 heteroatoms. The van der Waals surface area contributed by atoms with Crippen LogP contribution in [-0.4, -0.2) is 24.1 Å². The zero-order valence-corrected chi connectivity index (χ0v) is 28.0. The second kappa shape index (κ2) is 11.2. The average molecular weight is 664 g/mol. The minimum Gasteiger partial charge on any atom is -0.307 e. The molecule has 11 aromatic rings. The van der Waals surface area contributed by atoms with Gasteiger partial charge in [0.15, 0.2) is 11.6 Å². The molecular formula is C47H29N5. The number of benzene rings is 8. The number of hydrogen-bond donors (Lipinski definition) is 0. The van der Waals surface area contributed by atoms with Crippen molar-refractivity contribution in [3.05, 3.63) is 176 Å². The Balaban J connectivity index is 1.40. The maximum Gasteiger partial charge on any atom is 0.238 e. The summed E-state index contributed by atoms with van der Waals surface area (Å²) >= 11 is 0. The molecule has 0 aliphatic rings. The first-order valence-corrected chi connectivity index (χ1v) is 17.6. The van der Waals surface area contributed by atoms with E-state index in [0.717, 1.165) is 54.9 Å². The van der Waals surface area contributed by atoms with Crippen molar-refractivity contribution in [2.45, 2.75) is 0 Å². The average Bonchev–Trinajstić information content (AvgIpc) is 3.75. The fraction of sp³-hybridized carbons (Fsp3) is 0. The number of hydrogen-bond acceptors (Lipinski definition) is 3. The molecule has 0 aliphatic heterocycles. The lowest BCUT2D eigenvalue weighted by molar-refractivity contribution is 0.955. The van der Waals surface area contributed by atoms with Crippen LogP contribution in [0.2, 0.25) is 0 Å². The van der Waals surface area contributed by atoms with Crippen molar-refractivity contribution >= 4 is 65.2 Å². The van der Waals surface area contributed by atoms with Gasteiger partial charge in [0.05, 0.1) is 22.1 Å². The van der Waals surface area contributed by atoms with Crippen LogP contribution in [0.15, 0.2) is 176 Å². The molecule has 3 aromatic heterocycles. The molecule has 0 N–H and O–H groups in total. The Morgan fingerprint density at radius 3 is 1.23 bits per heavy atom. The summed E-state index contributed by atoms with van der Waals surface area (Å²) in [7, 11) is 0. The van der Waals surface area contributed by atoms with Crippen LogP contribution >= 0.6 is 0 Å². The molecule has 5 nitrogen and oxygen atoms in total. The van der Waals surface area contributed by atoms with Gasteiger partial charge in [-0.2, -0.15) is 9.97 Å². The predicted octanol–water partition coefficient (Wildman–Crippen LogP) is 11.7. The van der Waals surface area contributed by atoms with Gasteiger partial charge in [0.25, 0.3) is 0 Å². The summed E-state index contributed by atoms with van der Waals surface area (Å²) in [4.78, 5) is 15.7. The van der Waals surface area contributed by atoms with E-state index in [1.165, 1.54) is 27.1 Å². The largest absolute Gasteiger partial charge is 0.307 e. The Hall–Kier alpha value is -7.11. The Bertz CT molecular complexity index is 3100. The van der Waals surface area contributed by atoms with Crippen molar-refractivity contribution in [2.75, 3.05) is 0 Å². The normalized spacial score (nSPS) is 11.8. The summed E-state index contributed by atoms with van der Waals surface area (Å²) in [6.45, 7) is 0. The molecule has 0 saturated carbocycles. The van der Waals surface area contributed by atoms with Gasteiger partial charge in [-0.25, -0.2) is 4.98 Å². The Labute approximate surface area is 298 Å². The SMILES string of the molecule is c1ccc(-c2nc(-c3ccccc3)nc(-n3c4c5ccccc5ccc4c4ccc5c6ccc7ccccc7c6n(-c6ccccc6)c5c43)n2)cc1. The molecule has 52 heavy (non-hydrogen) atoms. The van der Waals surface area contributed by atoms with Gasteiger partial charge in [-0.3, -0.25) is 4.57 Å². The van der Waals surface area contributed by atoms with Crippen LogP contribution in [0.25, 0.3) is 99.6 Å². The van der Waals surface area contributed by atoms with E-state index in [2.05, 4.69) is 149 Å². The minimum atomic E-state index is 0.575. The van der Waals surface area contributed by atoms with Gasteiger partial charge in [-0.1, -0.05) is 164 Å². The zero-order chi connectivity index (χ0) is 34.2. The second-order valence-electron chi connectivity index (χ2n) is 13.2. The molecule has 11 rings (SSSR count). The van der Waals surface area contributed by atoms with Crippen molar-refractivity contribution in [3.63, 3.8) is 0 Å². The number of nitrogens with zero attached hydrogens (tertiary/aromatic N) is 5. The lowest BCUT2D eigenvalue weighted by Crippen LogP contribution is -2.07. The quantitative estimate of drug-likeness (QED) is 0.188. The highest BCUT2D eigenvalue weighted by Gasteiger charge is 2.25. The van der Waals surface area contributed by atoms with Crippen LogP contribution < -0.4 is 0 Å². The van der Waals surface area contributed by atoms with Crippen LogP contribution in [0.3, 0.4) is 0 Å². The standard InChI is InChI=1S/C47H29N5/c1-4-16-32(17-5-1)45-48-46(33-18-6-2-7-19-33)50-47(49-45)52-42-36-23-13-11-15-31(36)25-27-38(42)40-29-28-39-37-26-24-30-14-10-12-22-35(30)41(37)51(43(39)44(40)52)34-20-8-3-9-21-34/h1-29H. The molecule has 0 amide bonds. The summed E-state index contributed by atoms with van der Waals surface area (Å²) in [5.41, 5.74) is 7.38. The second-order valence-corrected chi connectivity index (χ2v) is 13.2. The highest BCUT2D eigenvalue weighted by atomic mass is 15.2. The molecule has 0 aliphatic carbocycles. The molecule has 0 fully saturated rings. The van der Waals surface area contributed by atoms with Crippen molar-refractivity contribution in [1.29, 1.82) is 0 Å². The van der Waals surface area contributed by atoms with E-state index in [4.69, 9.17) is 15.0 Å². The van der Waals surface area contributed by atoms with Gasteiger partial charge in [0, 0.05) is 49.1 Å². The van der Waals surface area contributed by atoms with Crippen molar-refractivity contribution in [2.24, 2.45) is 0 Å². The third-order valence-corrected chi connectivity index (χ3v) is 10.3. The maximum atomic E-state index is 5.32. The Morgan fingerprint density at radius 1 is 0.288 bits per heavy atom. The van der Waals surface area contributed by atoms with Crippen LogP contribution in [0.1, 0.15) is 0 Å². The monoisotopic (exact) mass is 663 g/mol. The number of para-hydroxylation sites is 1. The third-order valence-electron chi connectivity index (χ3n) is 10.3. The summed E-state index contributed by atoms with van der Waals surface area (Å²) < 4.78 is 4.75. The molecule has 0 spiro atoms. The van der Waals surface area contributed by atoms with Gasteiger partial charge < -0.3 is 4.57 Å².